The maximum atomic E-state index is 13.1. The average molecular weight is 347 g/mol. The predicted molar refractivity (Wildman–Crippen MR) is 103 cm³/mol. The monoisotopic (exact) mass is 347 g/mol. The van der Waals surface area contributed by atoms with Gasteiger partial charge in [0, 0.05) is 48.8 Å². The minimum absolute atomic E-state index is 0.0238. The molecule has 0 bridgehead atoms. The SMILES string of the molecule is O=C([C@@H]1C=C2c3cccc4[nH]cc(c34)C[C@H]2N(C2CC2)C1)N1CCCC1. The maximum absolute atomic E-state index is 13.1. The summed E-state index contributed by atoms with van der Waals surface area (Å²) in [4.78, 5) is 21.3. The topological polar surface area (TPSA) is 39.3 Å². The van der Waals surface area contributed by atoms with Crippen LogP contribution >= 0.6 is 0 Å². The third-order valence-corrected chi connectivity index (χ3v) is 6.81. The zero-order valence-corrected chi connectivity index (χ0v) is 15.1. The highest BCUT2D eigenvalue weighted by atomic mass is 16.2. The summed E-state index contributed by atoms with van der Waals surface area (Å²) >= 11 is 0. The van der Waals surface area contributed by atoms with Crippen molar-refractivity contribution in [2.45, 2.75) is 44.2 Å². The molecule has 26 heavy (non-hydrogen) atoms. The first-order valence-corrected chi connectivity index (χ1v) is 10.2. The van der Waals surface area contributed by atoms with Crippen LogP contribution in [0.5, 0.6) is 0 Å². The van der Waals surface area contributed by atoms with Crippen LogP contribution in [0, 0.1) is 5.92 Å². The second-order valence-corrected chi connectivity index (χ2v) is 8.45. The normalized spacial score (nSPS) is 28.3. The molecule has 2 fully saturated rings. The molecule has 4 aliphatic rings. The third kappa shape index (κ3) is 2.14. The van der Waals surface area contributed by atoms with Gasteiger partial charge in [-0.05, 0) is 54.9 Å². The van der Waals surface area contributed by atoms with Gasteiger partial charge in [0.2, 0.25) is 5.91 Å². The van der Waals surface area contributed by atoms with Crippen molar-refractivity contribution >= 4 is 22.4 Å². The van der Waals surface area contributed by atoms with Gasteiger partial charge in [0.05, 0.1) is 5.92 Å². The van der Waals surface area contributed by atoms with Crippen molar-refractivity contribution in [3.63, 3.8) is 0 Å². The average Bonchev–Trinajstić information content (AvgIpc) is 3.20. The number of rotatable bonds is 2. The van der Waals surface area contributed by atoms with Crippen LogP contribution in [0.15, 0.2) is 30.5 Å². The molecule has 3 heterocycles. The molecule has 0 radical (unpaired) electrons. The Labute approximate surface area is 153 Å². The van der Waals surface area contributed by atoms with E-state index >= 15 is 0 Å². The summed E-state index contributed by atoms with van der Waals surface area (Å²) in [5, 5.41) is 1.38. The molecule has 0 spiro atoms. The molecule has 2 aliphatic heterocycles. The molecule has 1 amide bonds. The Bertz CT molecular complexity index is 917. The first-order valence-electron chi connectivity index (χ1n) is 10.2. The fourth-order valence-electron chi connectivity index (χ4n) is 5.41. The fourth-order valence-corrected chi connectivity index (χ4v) is 5.41. The van der Waals surface area contributed by atoms with Gasteiger partial charge in [0.15, 0.2) is 0 Å². The van der Waals surface area contributed by atoms with Gasteiger partial charge in [-0.15, -0.1) is 0 Å². The first kappa shape index (κ1) is 15.0. The first-order chi connectivity index (χ1) is 12.8. The Morgan fingerprint density at radius 2 is 2.00 bits per heavy atom. The maximum Gasteiger partial charge on any atom is 0.230 e. The predicted octanol–water partition coefficient (Wildman–Crippen LogP) is 3.19. The van der Waals surface area contributed by atoms with Crippen molar-refractivity contribution in [1.82, 2.24) is 14.8 Å². The van der Waals surface area contributed by atoms with Crippen molar-refractivity contribution < 1.29 is 4.79 Å². The lowest BCUT2D eigenvalue weighted by molar-refractivity contribution is -0.133. The number of hydrogen-bond acceptors (Lipinski definition) is 2. The van der Waals surface area contributed by atoms with Crippen molar-refractivity contribution in [2.75, 3.05) is 19.6 Å². The van der Waals surface area contributed by atoms with Crippen molar-refractivity contribution in [2.24, 2.45) is 5.92 Å². The van der Waals surface area contributed by atoms with Gasteiger partial charge in [-0.25, -0.2) is 0 Å². The number of amides is 1. The molecule has 2 aliphatic carbocycles. The summed E-state index contributed by atoms with van der Waals surface area (Å²) in [6.45, 7) is 2.80. The zero-order valence-electron chi connectivity index (χ0n) is 15.1. The van der Waals surface area contributed by atoms with Crippen LogP contribution < -0.4 is 0 Å². The molecule has 1 N–H and O–H groups in total. The Morgan fingerprint density at radius 1 is 1.15 bits per heavy atom. The summed E-state index contributed by atoms with van der Waals surface area (Å²) in [5.41, 5.74) is 5.41. The summed E-state index contributed by atoms with van der Waals surface area (Å²) in [5.74, 6) is 0.377. The van der Waals surface area contributed by atoms with Gasteiger partial charge < -0.3 is 9.88 Å². The highest BCUT2D eigenvalue weighted by Crippen LogP contribution is 2.44. The van der Waals surface area contributed by atoms with Crippen LogP contribution in [0.2, 0.25) is 0 Å². The summed E-state index contributed by atoms with van der Waals surface area (Å²) in [6, 6.07) is 7.69. The third-order valence-electron chi connectivity index (χ3n) is 6.81. The van der Waals surface area contributed by atoms with Gasteiger partial charge >= 0.3 is 0 Å². The highest BCUT2D eigenvalue weighted by molar-refractivity contribution is 5.99. The van der Waals surface area contributed by atoms with Crippen LogP contribution in [0.1, 0.15) is 36.8 Å². The van der Waals surface area contributed by atoms with E-state index in [9.17, 15) is 4.79 Å². The Morgan fingerprint density at radius 3 is 2.81 bits per heavy atom. The molecule has 1 saturated carbocycles. The largest absolute Gasteiger partial charge is 0.361 e. The Balaban J connectivity index is 1.46. The van der Waals surface area contributed by atoms with Gasteiger partial charge in [-0.2, -0.15) is 0 Å². The lowest BCUT2D eigenvalue weighted by Gasteiger charge is -2.42. The van der Waals surface area contributed by atoms with Crippen molar-refractivity contribution in [1.29, 1.82) is 0 Å². The van der Waals surface area contributed by atoms with E-state index in [2.05, 4.69) is 45.3 Å². The molecule has 1 saturated heterocycles. The molecule has 1 aromatic carbocycles. The fraction of sp³-hybridized carbons (Fsp3) is 0.500. The second kappa shape index (κ2) is 5.46. The summed E-state index contributed by atoms with van der Waals surface area (Å²) < 4.78 is 0. The quantitative estimate of drug-likeness (QED) is 0.906. The molecular formula is C22H25N3O. The number of fused-ring (bicyclic) bond motifs is 2. The van der Waals surface area contributed by atoms with E-state index in [0.29, 0.717) is 18.0 Å². The molecule has 2 atom stereocenters. The van der Waals surface area contributed by atoms with E-state index in [1.807, 2.05) is 0 Å². The molecule has 2 aromatic rings. The van der Waals surface area contributed by atoms with E-state index in [1.54, 1.807) is 0 Å². The molecular weight excluding hydrogens is 322 g/mol. The van der Waals surface area contributed by atoms with Crippen LogP contribution in [-0.4, -0.2) is 52.4 Å². The van der Waals surface area contributed by atoms with Crippen molar-refractivity contribution in [3.8, 4) is 0 Å². The smallest absolute Gasteiger partial charge is 0.230 e. The minimum atomic E-state index is 0.0238. The molecule has 4 nitrogen and oxygen atoms in total. The van der Waals surface area contributed by atoms with Gasteiger partial charge in [0.25, 0.3) is 0 Å². The molecule has 134 valence electrons. The minimum Gasteiger partial charge on any atom is -0.361 e. The van der Waals surface area contributed by atoms with Gasteiger partial charge in [-0.1, -0.05) is 18.2 Å². The Hall–Kier alpha value is -2.07. The van der Waals surface area contributed by atoms with Crippen LogP contribution in [0.4, 0.5) is 0 Å². The van der Waals surface area contributed by atoms with Crippen LogP contribution in [0.25, 0.3) is 16.5 Å². The second-order valence-electron chi connectivity index (χ2n) is 8.45. The van der Waals surface area contributed by atoms with E-state index in [1.165, 1.54) is 40.4 Å². The standard InChI is InChI=1S/C22H25N3O/c26-22(24-8-1-2-9-24)15-10-18-17-4-3-5-19-21(17)14(12-23-19)11-20(18)25(13-15)16-6-7-16/h3-5,10,12,15-16,20,23H,1-2,6-9,11,13H2/t15-,20-/m1/s1. The van der Waals surface area contributed by atoms with Crippen LogP contribution in [0.3, 0.4) is 0 Å². The number of H-pyrrole nitrogens is 1. The highest BCUT2D eigenvalue weighted by Gasteiger charge is 2.43. The van der Waals surface area contributed by atoms with Crippen LogP contribution in [-0.2, 0) is 11.2 Å². The van der Waals surface area contributed by atoms with E-state index in [4.69, 9.17) is 0 Å². The molecule has 4 heteroatoms. The van der Waals surface area contributed by atoms with E-state index < -0.39 is 0 Å². The molecule has 6 rings (SSSR count). The number of aromatic nitrogens is 1. The number of benzene rings is 1. The molecule has 0 unspecified atom stereocenters. The number of carbonyl (C=O) groups is 1. The number of carbonyl (C=O) groups excluding carboxylic acids is 1. The number of nitrogens with one attached hydrogen (secondary N) is 1. The van der Waals surface area contributed by atoms with Gasteiger partial charge in [0.1, 0.15) is 0 Å². The summed E-state index contributed by atoms with van der Waals surface area (Å²) in [6.07, 6.45) is 10.5. The van der Waals surface area contributed by atoms with E-state index in [0.717, 1.165) is 38.9 Å². The number of nitrogens with zero attached hydrogens (tertiary/aromatic N) is 2. The molecule has 1 aromatic heterocycles. The lowest BCUT2D eigenvalue weighted by Crippen LogP contribution is -2.49. The van der Waals surface area contributed by atoms with E-state index in [-0.39, 0.29) is 5.92 Å². The zero-order chi connectivity index (χ0) is 17.3. The van der Waals surface area contributed by atoms with Gasteiger partial charge in [-0.3, -0.25) is 9.69 Å². The number of likely N-dealkylation sites (tertiary alicyclic amines) is 1. The Kier molecular flexibility index (Phi) is 3.16. The lowest BCUT2D eigenvalue weighted by atomic mass is 9.79. The number of hydrogen-bond donors (Lipinski definition) is 1. The summed E-state index contributed by atoms with van der Waals surface area (Å²) in [7, 11) is 0. The van der Waals surface area contributed by atoms with Crippen molar-refractivity contribution in [3.05, 3.63) is 41.6 Å². The number of aromatic amines is 1.